The van der Waals surface area contributed by atoms with Crippen LogP contribution in [0.2, 0.25) is 0 Å². The van der Waals surface area contributed by atoms with Crippen LogP contribution in [0.15, 0.2) is 40.3 Å². The molecule has 5 heteroatoms. The summed E-state index contributed by atoms with van der Waals surface area (Å²) in [6.07, 6.45) is 0. The van der Waals surface area contributed by atoms with Gasteiger partial charge < -0.3 is 11.1 Å². The Bertz CT molecular complexity index is 719. The van der Waals surface area contributed by atoms with Crippen molar-refractivity contribution in [2.45, 2.75) is 0 Å². The standard InChI is InChI=1S/C14H15N5/c1-16-10-4-2-9(3-5-10)11-8-12-13(14(15)19-11)18-7-6-17-12/h2-5,8,16H,6-7H2,1H3,(H2,15,19). The zero-order valence-electron chi connectivity index (χ0n) is 10.7. The van der Waals surface area contributed by atoms with E-state index in [4.69, 9.17) is 5.73 Å². The first-order valence-electron chi connectivity index (χ1n) is 6.21. The van der Waals surface area contributed by atoms with Crippen LogP contribution in [0.3, 0.4) is 0 Å². The van der Waals surface area contributed by atoms with Crippen LogP contribution in [0, 0.1) is 0 Å². The van der Waals surface area contributed by atoms with Gasteiger partial charge in [-0.2, -0.15) is 0 Å². The van der Waals surface area contributed by atoms with E-state index < -0.39 is 0 Å². The van der Waals surface area contributed by atoms with Gasteiger partial charge in [0.05, 0.1) is 24.1 Å². The average Bonchev–Trinajstić information content (AvgIpc) is 2.47. The highest BCUT2D eigenvalue weighted by atomic mass is 14.9. The summed E-state index contributed by atoms with van der Waals surface area (Å²) in [5.74, 6) is 0.452. The molecule has 0 amide bonds. The number of nitrogen functional groups attached to an aromatic ring is 1. The number of hydrogen-bond donors (Lipinski definition) is 2. The van der Waals surface area contributed by atoms with Crippen molar-refractivity contribution in [3.8, 4) is 11.3 Å². The second-order valence-electron chi connectivity index (χ2n) is 4.35. The number of benzene rings is 1. The Labute approximate surface area is 110 Å². The van der Waals surface area contributed by atoms with Gasteiger partial charge in [0.15, 0.2) is 5.82 Å². The number of aromatic nitrogens is 1. The van der Waals surface area contributed by atoms with E-state index in [2.05, 4.69) is 20.3 Å². The van der Waals surface area contributed by atoms with Crippen molar-refractivity contribution in [1.29, 1.82) is 0 Å². The Morgan fingerprint density at radius 3 is 2.58 bits per heavy atom. The molecule has 0 saturated heterocycles. The second kappa shape index (κ2) is 4.68. The summed E-state index contributed by atoms with van der Waals surface area (Å²) in [6.45, 7) is 1.41. The Kier molecular flexibility index (Phi) is 2.87. The van der Waals surface area contributed by atoms with Gasteiger partial charge in [-0.05, 0) is 18.2 Å². The molecule has 3 rings (SSSR count). The zero-order valence-corrected chi connectivity index (χ0v) is 10.7. The molecule has 0 aliphatic carbocycles. The number of hydrogen-bond acceptors (Lipinski definition) is 5. The zero-order chi connectivity index (χ0) is 13.2. The number of nitrogens with two attached hydrogens (primary N) is 1. The Balaban J connectivity index is 2.13. The molecule has 0 bridgehead atoms. The SMILES string of the molecule is CNc1ccc(-c2cc3c(c(N)n2)=NCCN=3)cc1. The van der Waals surface area contributed by atoms with Crippen molar-refractivity contribution in [1.82, 2.24) is 4.98 Å². The number of rotatable bonds is 2. The van der Waals surface area contributed by atoms with Gasteiger partial charge in [-0.15, -0.1) is 0 Å². The molecule has 0 unspecified atom stereocenters. The molecule has 0 spiro atoms. The molecule has 3 N–H and O–H groups in total. The Morgan fingerprint density at radius 2 is 1.84 bits per heavy atom. The topological polar surface area (TPSA) is 75.7 Å². The third-order valence-corrected chi connectivity index (χ3v) is 3.12. The number of nitrogens with one attached hydrogen (secondary N) is 1. The summed E-state index contributed by atoms with van der Waals surface area (Å²) in [5, 5.41) is 4.65. The quantitative estimate of drug-likeness (QED) is 0.824. The maximum absolute atomic E-state index is 5.96. The van der Waals surface area contributed by atoms with E-state index in [-0.39, 0.29) is 0 Å². The molecule has 2 aromatic rings. The third-order valence-electron chi connectivity index (χ3n) is 3.12. The van der Waals surface area contributed by atoms with Gasteiger partial charge in [-0.25, -0.2) is 4.98 Å². The first-order chi connectivity index (χ1) is 9.28. The highest BCUT2D eigenvalue weighted by Crippen LogP contribution is 2.18. The van der Waals surface area contributed by atoms with Crippen molar-refractivity contribution in [2.24, 2.45) is 9.98 Å². The summed E-state index contributed by atoms with van der Waals surface area (Å²) in [5.41, 5.74) is 8.88. The molecule has 96 valence electrons. The van der Waals surface area contributed by atoms with Crippen LogP contribution in [-0.4, -0.2) is 25.1 Å². The van der Waals surface area contributed by atoms with Gasteiger partial charge in [0.1, 0.15) is 5.36 Å². The highest BCUT2D eigenvalue weighted by molar-refractivity contribution is 5.63. The number of anilines is 2. The molecule has 1 aliphatic heterocycles. The van der Waals surface area contributed by atoms with Crippen molar-refractivity contribution >= 4 is 11.5 Å². The van der Waals surface area contributed by atoms with Crippen molar-refractivity contribution in [3.63, 3.8) is 0 Å². The van der Waals surface area contributed by atoms with Crippen LogP contribution in [0.5, 0.6) is 0 Å². The van der Waals surface area contributed by atoms with E-state index in [9.17, 15) is 0 Å². The lowest BCUT2D eigenvalue weighted by Gasteiger charge is -2.07. The summed E-state index contributed by atoms with van der Waals surface area (Å²) >= 11 is 0. The molecule has 1 aromatic heterocycles. The lowest BCUT2D eigenvalue weighted by molar-refractivity contribution is 0.861. The Hall–Kier alpha value is -2.43. The molecule has 0 atom stereocenters. The molecular weight excluding hydrogens is 238 g/mol. The van der Waals surface area contributed by atoms with E-state index in [1.165, 1.54) is 0 Å². The van der Waals surface area contributed by atoms with Crippen LogP contribution in [0.4, 0.5) is 11.5 Å². The van der Waals surface area contributed by atoms with Gasteiger partial charge in [0, 0.05) is 18.3 Å². The van der Waals surface area contributed by atoms with E-state index in [1.54, 1.807) is 0 Å². The van der Waals surface area contributed by atoms with Gasteiger partial charge in [-0.3, -0.25) is 9.98 Å². The number of fused-ring (bicyclic) bond motifs is 1. The first kappa shape index (κ1) is 11.6. The lowest BCUT2D eigenvalue weighted by atomic mass is 10.1. The fraction of sp³-hybridized carbons (Fsp3) is 0.214. The number of pyridine rings is 1. The van der Waals surface area contributed by atoms with Gasteiger partial charge in [0.2, 0.25) is 0 Å². The minimum Gasteiger partial charge on any atom is -0.388 e. The fourth-order valence-electron chi connectivity index (χ4n) is 2.11. The monoisotopic (exact) mass is 253 g/mol. The van der Waals surface area contributed by atoms with Crippen LogP contribution < -0.4 is 21.8 Å². The van der Waals surface area contributed by atoms with Crippen molar-refractivity contribution < 1.29 is 0 Å². The van der Waals surface area contributed by atoms with Crippen LogP contribution in [0.1, 0.15) is 0 Å². The smallest absolute Gasteiger partial charge is 0.151 e. The highest BCUT2D eigenvalue weighted by Gasteiger charge is 2.06. The predicted octanol–water partition coefficient (Wildman–Crippen LogP) is 0.625. The lowest BCUT2D eigenvalue weighted by Crippen LogP contribution is -2.33. The van der Waals surface area contributed by atoms with Crippen molar-refractivity contribution in [3.05, 3.63) is 41.0 Å². The molecule has 1 aromatic carbocycles. The predicted molar refractivity (Wildman–Crippen MR) is 75.7 cm³/mol. The van der Waals surface area contributed by atoms with Crippen molar-refractivity contribution in [2.75, 3.05) is 31.2 Å². The second-order valence-corrected chi connectivity index (χ2v) is 4.35. The molecule has 0 fully saturated rings. The maximum Gasteiger partial charge on any atom is 0.151 e. The number of nitrogens with zero attached hydrogens (tertiary/aromatic N) is 3. The summed E-state index contributed by atoms with van der Waals surface area (Å²) in [6, 6.07) is 9.99. The first-order valence-corrected chi connectivity index (χ1v) is 6.21. The summed E-state index contributed by atoms with van der Waals surface area (Å²) in [7, 11) is 1.89. The van der Waals surface area contributed by atoms with Crippen LogP contribution >= 0.6 is 0 Å². The minimum absolute atomic E-state index is 0.452. The molecule has 2 heterocycles. The minimum atomic E-state index is 0.452. The van der Waals surface area contributed by atoms with Gasteiger partial charge >= 0.3 is 0 Å². The fourth-order valence-corrected chi connectivity index (χ4v) is 2.11. The molecular formula is C14H15N5. The van der Waals surface area contributed by atoms with Gasteiger partial charge in [-0.1, -0.05) is 12.1 Å². The molecule has 5 nitrogen and oxygen atoms in total. The largest absolute Gasteiger partial charge is 0.388 e. The summed E-state index contributed by atoms with van der Waals surface area (Å²) < 4.78 is 0. The van der Waals surface area contributed by atoms with E-state index >= 15 is 0 Å². The molecule has 19 heavy (non-hydrogen) atoms. The average molecular weight is 253 g/mol. The van der Waals surface area contributed by atoms with E-state index in [0.717, 1.165) is 27.7 Å². The summed E-state index contributed by atoms with van der Waals surface area (Å²) in [4.78, 5) is 13.2. The third kappa shape index (κ3) is 2.14. The Morgan fingerprint density at radius 1 is 1.11 bits per heavy atom. The maximum atomic E-state index is 5.96. The van der Waals surface area contributed by atoms with E-state index in [1.807, 2.05) is 37.4 Å². The molecule has 0 saturated carbocycles. The molecule has 1 aliphatic rings. The van der Waals surface area contributed by atoms with E-state index in [0.29, 0.717) is 18.9 Å². The van der Waals surface area contributed by atoms with Gasteiger partial charge in [0.25, 0.3) is 0 Å². The normalized spacial score (nSPS) is 13.1. The van der Waals surface area contributed by atoms with Crippen LogP contribution in [0.25, 0.3) is 11.3 Å². The molecule has 0 radical (unpaired) electrons. The van der Waals surface area contributed by atoms with Crippen LogP contribution in [-0.2, 0) is 0 Å².